The topological polar surface area (TPSA) is 30.8 Å². The van der Waals surface area contributed by atoms with Crippen molar-refractivity contribution in [3.05, 3.63) is 136 Å². The number of fused-ring (bicyclic) bond motifs is 2. The summed E-state index contributed by atoms with van der Waals surface area (Å²) < 4.78 is 27.6. The van der Waals surface area contributed by atoms with E-state index in [9.17, 15) is 4.39 Å². The van der Waals surface area contributed by atoms with Gasteiger partial charge >= 0.3 is 0 Å². The third-order valence-corrected chi connectivity index (χ3v) is 6.90. The second kappa shape index (κ2) is 8.92. The number of rotatable bonds is 4. The Kier molecular flexibility index (Phi) is 5.57. The predicted octanol–water partition coefficient (Wildman–Crippen LogP) is 8.55. The number of halogens is 2. The molecule has 3 nitrogen and oxygen atoms in total. The van der Waals surface area contributed by atoms with Crippen LogP contribution in [0.4, 0.5) is 10.1 Å². The van der Waals surface area contributed by atoms with Crippen molar-refractivity contribution in [3.63, 3.8) is 0 Å². The van der Waals surface area contributed by atoms with Crippen molar-refractivity contribution in [2.45, 2.75) is 12.7 Å². The zero-order chi connectivity index (χ0) is 24.7. The SMILES string of the molecule is CC1(c2ccccc2F)Oc2cc3cc(Br)c(N=C(c4ccccc4)c4ccccc4)cc3cc2O1. The van der Waals surface area contributed by atoms with Crippen LogP contribution in [0.5, 0.6) is 11.5 Å². The van der Waals surface area contributed by atoms with Crippen LogP contribution in [0.15, 0.2) is 119 Å². The minimum Gasteiger partial charge on any atom is -0.444 e. The number of hydrogen-bond donors (Lipinski definition) is 0. The maximum atomic E-state index is 14.5. The van der Waals surface area contributed by atoms with Crippen LogP contribution < -0.4 is 9.47 Å². The van der Waals surface area contributed by atoms with Crippen LogP contribution in [0, 0.1) is 5.82 Å². The average Bonchev–Trinajstić information content (AvgIpc) is 3.23. The summed E-state index contributed by atoms with van der Waals surface area (Å²) in [5, 5.41) is 1.90. The largest absolute Gasteiger partial charge is 0.444 e. The lowest BCUT2D eigenvalue weighted by atomic mass is 10.0. The van der Waals surface area contributed by atoms with Crippen molar-refractivity contribution < 1.29 is 13.9 Å². The Bertz CT molecular complexity index is 1580. The van der Waals surface area contributed by atoms with Crippen molar-refractivity contribution in [1.29, 1.82) is 0 Å². The Hall–Kier alpha value is -3.96. The van der Waals surface area contributed by atoms with Gasteiger partial charge in [0.2, 0.25) is 0 Å². The van der Waals surface area contributed by atoms with Crippen LogP contribution in [-0.2, 0) is 5.79 Å². The first-order chi connectivity index (χ1) is 17.5. The molecule has 0 saturated carbocycles. The van der Waals surface area contributed by atoms with Crippen molar-refractivity contribution in [3.8, 4) is 11.5 Å². The molecule has 0 amide bonds. The molecule has 0 fully saturated rings. The molecule has 0 N–H and O–H groups in total. The number of hydrogen-bond acceptors (Lipinski definition) is 3. The van der Waals surface area contributed by atoms with E-state index in [0.29, 0.717) is 17.1 Å². The summed E-state index contributed by atoms with van der Waals surface area (Å²) in [5.41, 5.74) is 4.08. The van der Waals surface area contributed by atoms with Crippen LogP contribution in [0.2, 0.25) is 0 Å². The zero-order valence-electron chi connectivity index (χ0n) is 19.4. The second-order valence-electron chi connectivity index (χ2n) is 8.77. The highest BCUT2D eigenvalue weighted by atomic mass is 79.9. The first-order valence-corrected chi connectivity index (χ1v) is 12.4. The Labute approximate surface area is 217 Å². The van der Waals surface area contributed by atoms with Crippen LogP contribution in [-0.4, -0.2) is 5.71 Å². The lowest BCUT2D eigenvalue weighted by molar-refractivity contribution is -0.0706. The fraction of sp³-hybridized carbons (Fsp3) is 0.0645. The Balaban J connectivity index is 1.44. The summed E-state index contributed by atoms with van der Waals surface area (Å²) >= 11 is 3.71. The van der Waals surface area contributed by atoms with Gasteiger partial charge in [0, 0.05) is 22.5 Å². The summed E-state index contributed by atoms with van der Waals surface area (Å²) in [4.78, 5) is 5.08. The van der Waals surface area contributed by atoms with E-state index in [1.165, 1.54) is 6.07 Å². The standard InChI is InChI=1S/C31H21BrFNO2/c1-31(24-14-8-9-15-26(24)33)35-28-18-22-16-25(32)27(17-23(22)19-29(28)36-31)34-30(20-10-4-2-5-11-20)21-12-6-3-7-13-21/h2-19H,1H3. The molecule has 1 unspecified atom stereocenters. The molecule has 0 aromatic heterocycles. The van der Waals surface area contributed by atoms with Gasteiger partial charge in [0.15, 0.2) is 11.5 Å². The first kappa shape index (κ1) is 22.5. The van der Waals surface area contributed by atoms with Crippen LogP contribution in [0.3, 0.4) is 0 Å². The first-order valence-electron chi connectivity index (χ1n) is 11.6. The summed E-state index contributed by atoms with van der Waals surface area (Å²) in [6, 6.07) is 34.7. The lowest BCUT2D eigenvalue weighted by Gasteiger charge is -2.23. The van der Waals surface area contributed by atoms with Crippen molar-refractivity contribution in [2.24, 2.45) is 4.99 Å². The van der Waals surface area contributed by atoms with E-state index >= 15 is 0 Å². The molecule has 0 bridgehead atoms. The Morgan fingerprint density at radius 3 is 1.83 bits per heavy atom. The van der Waals surface area contributed by atoms with E-state index in [0.717, 1.165) is 37.8 Å². The van der Waals surface area contributed by atoms with E-state index in [-0.39, 0.29) is 5.82 Å². The highest BCUT2D eigenvalue weighted by Crippen LogP contribution is 2.47. The third kappa shape index (κ3) is 4.06. The van der Waals surface area contributed by atoms with Gasteiger partial charge in [-0.3, -0.25) is 0 Å². The minimum atomic E-state index is -1.24. The molecule has 5 heteroatoms. The van der Waals surface area contributed by atoms with Crippen molar-refractivity contribution in [2.75, 3.05) is 0 Å². The molecule has 0 aliphatic carbocycles. The normalized spacial score (nSPS) is 16.2. The molecule has 5 aromatic rings. The van der Waals surface area contributed by atoms with E-state index < -0.39 is 5.79 Å². The maximum Gasteiger partial charge on any atom is 0.278 e. The molecule has 1 heterocycles. The summed E-state index contributed by atoms with van der Waals surface area (Å²) in [6.45, 7) is 1.73. The molecule has 0 spiro atoms. The lowest BCUT2D eigenvalue weighted by Crippen LogP contribution is -2.32. The van der Waals surface area contributed by atoms with E-state index in [1.807, 2.05) is 60.7 Å². The molecule has 1 aliphatic heterocycles. The van der Waals surface area contributed by atoms with Gasteiger partial charge in [-0.25, -0.2) is 9.38 Å². The van der Waals surface area contributed by atoms with Gasteiger partial charge < -0.3 is 9.47 Å². The molecule has 176 valence electrons. The summed E-state index contributed by atoms with van der Waals surface area (Å²) in [5.74, 6) is -0.467. The molecular weight excluding hydrogens is 517 g/mol. The Morgan fingerprint density at radius 1 is 0.722 bits per heavy atom. The molecule has 36 heavy (non-hydrogen) atoms. The highest BCUT2D eigenvalue weighted by molar-refractivity contribution is 9.10. The quantitative estimate of drug-likeness (QED) is 0.215. The fourth-order valence-electron chi connectivity index (χ4n) is 4.50. The van der Waals surface area contributed by atoms with Gasteiger partial charge in [-0.1, -0.05) is 72.8 Å². The van der Waals surface area contributed by atoms with Crippen LogP contribution >= 0.6 is 15.9 Å². The molecule has 1 atom stereocenters. The van der Waals surface area contributed by atoms with E-state index in [4.69, 9.17) is 14.5 Å². The molecular formula is C31H21BrFNO2. The number of ether oxygens (including phenoxy) is 2. The minimum absolute atomic E-state index is 0.354. The molecule has 0 radical (unpaired) electrons. The van der Waals surface area contributed by atoms with Gasteiger partial charge in [0.1, 0.15) is 5.82 Å². The van der Waals surface area contributed by atoms with Crippen LogP contribution in [0.1, 0.15) is 23.6 Å². The van der Waals surface area contributed by atoms with Gasteiger partial charge in [-0.05, 0) is 63.1 Å². The van der Waals surface area contributed by atoms with Crippen molar-refractivity contribution in [1.82, 2.24) is 0 Å². The van der Waals surface area contributed by atoms with Gasteiger partial charge in [-0.15, -0.1) is 0 Å². The smallest absolute Gasteiger partial charge is 0.278 e. The Morgan fingerprint density at radius 2 is 1.25 bits per heavy atom. The molecule has 6 rings (SSSR count). The molecule has 5 aromatic carbocycles. The predicted molar refractivity (Wildman–Crippen MR) is 145 cm³/mol. The summed E-state index contributed by atoms with van der Waals surface area (Å²) in [6.07, 6.45) is 0. The van der Waals surface area contributed by atoms with Crippen LogP contribution in [0.25, 0.3) is 10.8 Å². The average molecular weight is 538 g/mol. The van der Waals surface area contributed by atoms with Gasteiger partial charge in [0.05, 0.1) is 17.0 Å². The monoisotopic (exact) mass is 537 g/mol. The van der Waals surface area contributed by atoms with Crippen molar-refractivity contribution >= 4 is 38.1 Å². The van der Waals surface area contributed by atoms with E-state index in [2.05, 4.69) is 40.2 Å². The molecule has 0 saturated heterocycles. The highest BCUT2D eigenvalue weighted by Gasteiger charge is 2.40. The number of nitrogens with zero attached hydrogens (tertiary/aromatic N) is 1. The fourth-order valence-corrected chi connectivity index (χ4v) is 4.95. The second-order valence-corrected chi connectivity index (χ2v) is 9.63. The number of benzene rings is 5. The maximum absolute atomic E-state index is 14.5. The van der Waals surface area contributed by atoms with E-state index in [1.54, 1.807) is 25.1 Å². The summed E-state index contributed by atoms with van der Waals surface area (Å²) in [7, 11) is 0. The van der Waals surface area contributed by atoms with Gasteiger partial charge in [-0.2, -0.15) is 0 Å². The zero-order valence-corrected chi connectivity index (χ0v) is 21.0. The third-order valence-electron chi connectivity index (χ3n) is 6.27. The number of aliphatic imine (C=N–C) groups is 1. The van der Waals surface area contributed by atoms with Gasteiger partial charge in [0.25, 0.3) is 5.79 Å². The molecule has 1 aliphatic rings.